The van der Waals surface area contributed by atoms with Crippen molar-refractivity contribution in [3.63, 3.8) is 0 Å². The van der Waals surface area contributed by atoms with Crippen LogP contribution >= 0.6 is 11.6 Å². The van der Waals surface area contributed by atoms with Crippen molar-refractivity contribution in [2.75, 3.05) is 25.0 Å². The Morgan fingerprint density at radius 3 is 2.87 bits per heavy atom. The van der Waals surface area contributed by atoms with Crippen LogP contribution in [0.4, 0.5) is 19.0 Å². The highest BCUT2D eigenvalue weighted by Crippen LogP contribution is 2.32. The molecule has 2 heterocycles. The van der Waals surface area contributed by atoms with E-state index in [4.69, 9.17) is 11.6 Å². The van der Waals surface area contributed by atoms with Crippen LogP contribution in [0.15, 0.2) is 12.3 Å². The first-order valence-corrected chi connectivity index (χ1v) is 7.71. The molecule has 1 fully saturated rings. The minimum Gasteiger partial charge on any atom is -0.368 e. The quantitative estimate of drug-likeness (QED) is 0.737. The molecule has 0 aliphatic carbocycles. The zero-order valence-corrected chi connectivity index (χ0v) is 13.1. The molecule has 1 saturated heterocycles. The third-order valence-corrected chi connectivity index (χ3v) is 3.81. The van der Waals surface area contributed by atoms with Gasteiger partial charge in [-0.15, -0.1) is 0 Å². The maximum Gasteiger partial charge on any atom is 0.417 e. The van der Waals surface area contributed by atoms with E-state index >= 15 is 0 Å². The lowest BCUT2D eigenvalue weighted by Crippen LogP contribution is -2.37. The van der Waals surface area contributed by atoms with E-state index in [2.05, 4.69) is 20.9 Å². The van der Waals surface area contributed by atoms with Gasteiger partial charge in [-0.05, 0) is 25.5 Å². The normalized spacial score (nSPS) is 18.0. The summed E-state index contributed by atoms with van der Waals surface area (Å²) in [6.07, 6.45) is -1.43. The summed E-state index contributed by atoms with van der Waals surface area (Å²) in [6.45, 7) is 1.79. The molecule has 0 aromatic carbocycles. The van der Waals surface area contributed by atoms with Gasteiger partial charge < -0.3 is 16.0 Å². The van der Waals surface area contributed by atoms with E-state index in [1.54, 1.807) is 0 Å². The lowest BCUT2D eigenvalue weighted by molar-refractivity contribution is -0.137. The number of nitrogens with one attached hydrogen (secondary N) is 3. The Kier molecular flexibility index (Phi) is 6.06. The second-order valence-corrected chi connectivity index (χ2v) is 5.73. The number of rotatable bonds is 6. The van der Waals surface area contributed by atoms with Crippen molar-refractivity contribution in [3.05, 3.63) is 22.8 Å². The average molecular weight is 351 g/mol. The molecule has 0 spiro atoms. The third kappa shape index (κ3) is 5.54. The molecular weight excluding hydrogens is 333 g/mol. The third-order valence-electron chi connectivity index (χ3n) is 3.52. The predicted octanol–water partition coefficient (Wildman–Crippen LogP) is 2.42. The van der Waals surface area contributed by atoms with Gasteiger partial charge >= 0.3 is 6.18 Å². The summed E-state index contributed by atoms with van der Waals surface area (Å²) >= 11 is 5.76. The van der Waals surface area contributed by atoms with Crippen LogP contribution in [0.1, 0.15) is 24.8 Å². The summed E-state index contributed by atoms with van der Waals surface area (Å²) in [7, 11) is 0. The van der Waals surface area contributed by atoms with Crippen LogP contribution < -0.4 is 16.0 Å². The highest BCUT2D eigenvalue weighted by atomic mass is 35.5. The van der Waals surface area contributed by atoms with Gasteiger partial charge in [-0.2, -0.15) is 13.2 Å². The van der Waals surface area contributed by atoms with Crippen molar-refractivity contribution in [3.8, 4) is 0 Å². The fourth-order valence-corrected chi connectivity index (χ4v) is 2.51. The van der Waals surface area contributed by atoms with Gasteiger partial charge in [0.2, 0.25) is 5.91 Å². The number of anilines is 1. The predicted molar refractivity (Wildman–Crippen MR) is 81.4 cm³/mol. The van der Waals surface area contributed by atoms with Gasteiger partial charge in [-0.25, -0.2) is 4.98 Å². The number of hydrogen-bond donors (Lipinski definition) is 3. The van der Waals surface area contributed by atoms with E-state index in [9.17, 15) is 18.0 Å². The van der Waals surface area contributed by atoms with Crippen LogP contribution in [-0.2, 0) is 11.0 Å². The second kappa shape index (κ2) is 7.83. The van der Waals surface area contributed by atoms with Crippen molar-refractivity contribution in [2.45, 2.75) is 31.5 Å². The van der Waals surface area contributed by atoms with Gasteiger partial charge in [0.25, 0.3) is 0 Å². The fraction of sp³-hybridized carbons (Fsp3) is 0.571. The smallest absolute Gasteiger partial charge is 0.368 e. The molecule has 0 radical (unpaired) electrons. The molecule has 9 heteroatoms. The zero-order valence-electron chi connectivity index (χ0n) is 12.3. The summed E-state index contributed by atoms with van der Waals surface area (Å²) in [6, 6.07) is 1.13. The minimum absolute atomic E-state index is 0.129. The summed E-state index contributed by atoms with van der Waals surface area (Å²) in [5.74, 6) is -0.000777. The molecule has 2 rings (SSSR count). The number of hydrogen-bond acceptors (Lipinski definition) is 4. The number of carbonyl (C=O) groups excluding carboxylic acids is 1. The number of aromatic nitrogens is 1. The van der Waals surface area contributed by atoms with Crippen LogP contribution in [-0.4, -0.2) is 36.6 Å². The molecule has 1 unspecified atom stereocenters. The maximum absolute atomic E-state index is 12.5. The minimum atomic E-state index is -4.48. The Morgan fingerprint density at radius 2 is 2.26 bits per heavy atom. The lowest BCUT2D eigenvalue weighted by atomic mass is 10.2. The van der Waals surface area contributed by atoms with Gasteiger partial charge in [0.05, 0.1) is 10.6 Å². The Hall–Kier alpha value is -1.54. The average Bonchev–Trinajstić information content (AvgIpc) is 2.99. The van der Waals surface area contributed by atoms with E-state index in [1.807, 2.05) is 0 Å². The molecule has 1 amide bonds. The Bertz CT molecular complexity index is 547. The number of amides is 1. The molecule has 3 N–H and O–H groups in total. The number of nitrogens with zero attached hydrogens (tertiary/aromatic N) is 1. The molecule has 1 aliphatic heterocycles. The molecule has 1 aromatic heterocycles. The molecule has 0 bridgehead atoms. The van der Waals surface area contributed by atoms with E-state index in [0.29, 0.717) is 18.8 Å². The van der Waals surface area contributed by atoms with Crippen molar-refractivity contribution >= 4 is 23.3 Å². The van der Waals surface area contributed by atoms with Crippen molar-refractivity contribution < 1.29 is 18.0 Å². The second-order valence-electron chi connectivity index (χ2n) is 5.33. The molecule has 128 valence electrons. The monoisotopic (exact) mass is 350 g/mol. The topological polar surface area (TPSA) is 66.0 Å². The van der Waals surface area contributed by atoms with Crippen molar-refractivity contribution in [1.29, 1.82) is 0 Å². The number of alkyl halides is 3. The largest absolute Gasteiger partial charge is 0.417 e. The van der Waals surface area contributed by atoms with Gasteiger partial charge in [-0.1, -0.05) is 11.6 Å². The van der Waals surface area contributed by atoms with Crippen LogP contribution in [0.5, 0.6) is 0 Å². The highest BCUT2D eigenvalue weighted by molar-refractivity contribution is 6.32. The number of halogens is 4. The van der Waals surface area contributed by atoms with Crippen LogP contribution in [0, 0.1) is 0 Å². The Balaban J connectivity index is 1.74. The first-order chi connectivity index (χ1) is 10.9. The fourth-order valence-electron chi connectivity index (χ4n) is 2.27. The molecule has 0 saturated carbocycles. The first-order valence-electron chi connectivity index (χ1n) is 7.33. The van der Waals surface area contributed by atoms with Crippen molar-refractivity contribution in [1.82, 2.24) is 15.6 Å². The van der Waals surface area contributed by atoms with Gasteiger partial charge in [0, 0.05) is 31.7 Å². The molecular formula is C14H18ClF3N4O. The maximum atomic E-state index is 12.5. The molecule has 23 heavy (non-hydrogen) atoms. The number of pyridine rings is 1. The summed E-state index contributed by atoms with van der Waals surface area (Å²) < 4.78 is 37.5. The first kappa shape index (κ1) is 17.8. The van der Waals surface area contributed by atoms with Crippen LogP contribution in [0.3, 0.4) is 0 Å². The van der Waals surface area contributed by atoms with E-state index in [0.717, 1.165) is 25.5 Å². The standard InChI is InChI=1S/C14H18ClF3N4O/c15-11-6-9(14(16,17)18)7-22-13(11)20-5-3-12(23)21-8-10-2-1-4-19-10/h6-7,10,19H,1-5,8H2,(H,20,22)(H,21,23). The molecule has 5 nitrogen and oxygen atoms in total. The van der Waals surface area contributed by atoms with Gasteiger partial charge in [0.1, 0.15) is 5.82 Å². The van der Waals surface area contributed by atoms with E-state index in [-0.39, 0.29) is 29.7 Å². The zero-order chi connectivity index (χ0) is 16.9. The highest BCUT2D eigenvalue weighted by Gasteiger charge is 2.31. The van der Waals surface area contributed by atoms with Gasteiger partial charge in [-0.3, -0.25) is 4.79 Å². The lowest BCUT2D eigenvalue weighted by Gasteiger charge is -2.12. The van der Waals surface area contributed by atoms with Gasteiger partial charge in [0.15, 0.2) is 0 Å². The Morgan fingerprint density at radius 1 is 1.48 bits per heavy atom. The van der Waals surface area contributed by atoms with Crippen molar-refractivity contribution in [2.24, 2.45) is 0 Å². The SMILES string of the molecule is O=C(CCNc1ncc(C(F)(F)F)cc1Cl)NCC1CCCN1. The van der Waals surface area contributed by atoms with E-state index in [1.165, 1.54) is 0 Å². The molecule has 1 aliphatic rings. The molecule has 1 atom stereocenters. The van der Waals surface area contributed by atoms with Crippen LogP contribution in [0.25, 0.3) is 0 Å². The summed E-state index contributed by atoms with van der Waals surface area (Å²) in [4.78, 5) is 15.3. The summed E-state index contributed by atoms with van der Waals surface area (Å²) in [5, 5.41) is 8.71. The molecule has 1 aromatic rings. The van der Waals surface area contributed by atoms with E-state index < -0.39 is 11.7 Å². The Labute approximate surface area is 137 Å². The summed E-state index contributed by atoms with van der Waals surface area (Å²) in [5.41, 5.74) is -0.908. The number of carbonyl (C=O) groups is 1. The van der Waals surface area contributed by atoms with Crippen LogP contribution in [0.2, 0.25) is 5.02 Å².